The molecule has 1 aliphatic rings. The molecule has 0 radical (unpaired) electrons. The Morgan fingerprint density at radius 1 is 1.07 bits per heavy atom. The number of benzene rings is 2. The Bertz CT molecular complexity index is 2110. The van der Waals surface area contributed by atoms with Crippen LogP contribution in [0.5, 0.6) is 0 Å². The highest BCUT2D eigenvalue weighted by molar-refractivity contribution is 6.04. The predicted octanol–water partition coefficient (Wildman–Crippen LogP) is 3.17. The molecule has 0 aliphatic heterocycles. The van der Waals surface area contributed by atoms with Crippen molar-refractivity contribution in [1.82, 2.24) is 34.3 Å². The Morgan fingerprint density at radius 3 is 2.66 bits per heavy atom. The fourth-order valence-corrected chi connectivity index (χ4v) is 5.25. The van der Waals surface area contributed by atoms with Crippen molar-refractivity contribution in [2.45, 2.75) is 18.4 Å². The van der Waals surface area contributed by atoms with Crippen molar-refractivity contribution in [3.8, 4) is 17.5 Å². The third kappa shape index (κ3) is 4.11. The molecule has 10 heteroatoms. The van der Waals surface area contributed by atoms with Gasteiger partial charge in [-0.05, 0) is 48.6 Å². The number of aromatic nitrogens is 6. The van der Waals surface area contributed by atoms with Crippen LogP contribution in [0.1, 0.15) is 40.0 Å². The highest BCUT2D eigenvalue weighted by atomic mass is 16.2. The van der Waals surface area contributed by atoms with Gasteiger partial charge < -0.3 is 11.1 Å². The van der Waals surface area contributed by atoms with Crippen LogP contribution >= 0.6 is 0 Å². The summed E-state index contributed by atoms with van der Waals surface area (Å²) in [5, 5.41) is 12.8. The SMILES string of the molecule is Cn1cc(C#Cc2cccc3cc(C4(NC(=O)c5c(N)nn6cccnc56)CC4)n(-c4ccccc4)c(=O)c23)cn1. The summed E-state index contributed by atoms with van der Waals surface area (Å²) in [6.45, 7) is 0. The highest BCUT2D eigenvalue weighted by Crippen LogP contribution is 2.46. The molecule has 0 spiro atoms. The number of nitrogen functional groups attached to an aromatic ring is 1. The molecule has 4 heterocycles. The predicted molar refractivity (Wildman–Crippen MR) is 155 cm³/mol. The lowest BCUT2D eigenvalue weighted by Gasteiger charge is -2.24. The molecule has 7 rings (SSSR count). The van der Waals surface area contributed by atoms with Gasteiger partial charge in [0.25, 0.3) is 11.5 Å². The topological polar surface area (TPSA) is 125 Å². The third-order valence-corrected chi connectivity index (χ3v) is 7.35. The van der Waals surface area contributed by atoms with Gasteiger partial charge in [-0.25, -0.2) is 9.50 Å². The van der Waals surface area contributed by atoms with E-state index in [1.165, 1.54) is 4.52 Å². The summed E-state index contributed by atoms with van der Waals surface area (Å²) < 4.78 is 4.85. The summed E-state index contributed by atoms with van der Waals surface area (Å²) in [4.78, 5) is 32.3. The second-order valence-corrected chi connectivity index (χ2v) is 10.1. The molecule has 0 atom stereocenters. The van der Waals surface area contributed by atoms with Gasteiger partial charge >= 0.3 is 0 Å². The Kier molecular flexibility index (Phi) is 5.47. The molecule has 41 heavy (non-hydrogen) atoms. The van der Waals surface area contributed by atoms with Crippen molar-refractivity contribution in [2.24, 2.45) is 7.05 Å². The lowest BCUT2D eigenvalue weighted by atomic mass is 10.0. The second kappa shape index (κ2) is 9.20. The van der Waals surface area contributed by atoms with Crippen LogP contribution in [0, 0.1) is 11.8 Å². The summed E-state index contributed by atoms with van der Waals surface area (Å²) in [5.41, 5.74) is 8.49. The minimum atomic E-state index is -0.771. The van der Waals surface area contributed by atoms with E-state index >= 15 is 0 Å². The van der Waals surface area contributed by atoms with E-state index in [4.69, 9.17) is 5.73 Å². The summed E-state index contributed by atoms with van der Waals surface area (Å²) in [7, 11) is 1.83. The number of amides is 1. The first-order valence-corrected chi connectivity index (χ1v) is 13.1. The van der Waals surface area contributed by atoms with Crippen molar-refractivity contribution in [3.05, 3.63) is 118 Å². The summed E-state index contributed by atoms with van der Waals surface area (Å²) in [6, 6.07) is 18.7. The zero-order chi connectivity index (χ0) is 28.1. The second-order valence-electron chi connectivity index (χ2n) is 10.1. The molecule has 1 saturated carbocycles. The van der Waals surface area contributed by atoms with E-state index < -0.39 is 11.4 Å². The van der Waals surface area contributed by atoms with Gasteiger partial charge in [0.1, 0.15) is 5.56 Å². The standard InChI is InChI=1S/C31H24N8O2/c1-37-19-20(18-34-37)11-12-21-7-5-8-22-17-24(39(30(41)25(21)22)23-9-3-2-4-10-23)31(13-14-31)35-29(40)26-27(32)36-38-16-6-15-33-28(26)38/h2-10,15-19H,13-14H2,1H3,(H2,32,36)(H,35,40). The van der Waals surface area contributed by atoms with Gasteiger partial charge in [0, 0.05) is 36.9 Å². The Balaban J connectivity index is 1.39. The van der Waals surface area contributed by atoms with Crippen LogP contribution in [0.25, 0.3) is 22.1 Å². The molecule has 6 aromatic rings. The van der Waals surface area contributed by atoms with Gasteiger partial charge in [0.15, 0.2) is 11.5 Å². The van der Waals surface area contributed by atoms with Crippen molar-refractivity contribution < 1.29 is 4.79 Å². The van der Waals surface area contributed by atoms with E-state index in [-0.39, 0.29) is 16.9 Å². The number of anilines is 1. The first kappa shape index (κ1) is 24.4. The summed E-state index contributed by atoms with van der Waals surface area (Å²) in [5.74, 6) is 5.98. The zero-order valence-electron chi connectivity index (χ0n) is 22.1. The fraction of sp³-hybridized carbons (Fsp3) is 0.129. The summed E-state index contributed by atoms with van der Waals surface area (Å²) >= 11 is 0. The lowest BCUT2D eigenvalue weighted by Crippen LogP contribution is -2.39. The number of nitrogens with two attached hydrogens (primary N) is 1. The molecule has 10 nitrogen and oxygen atoms in total. The van der Waals surface area contributed by atoms with E-state index in [0.717, 1.165) is 10.9 Å². The number of para-hydroxylation sites is 1. The Labute approximate surface area is 234 Å². The molecular weight excluding hydrogens is 516 g/mol. The van der Waals surface area contributed by atoms with Crippen LogP contribution in [-0.2, 0) is 12.6 Å². The Morgan fingerprint density at radius 2 is 1.90 bits per heavy atom. The van der Waals surface area contributed by atoms with E-state index in [0.29, 0.717) is 40.8 Å². The maximum absolute atomic E-state index is 14.3. The molecule has 1 aliphatic carbocycles. The largest absolute Gasteiger partial charge is 0.381 e. The number of nitrogens with one attached hydrogen (secondary N) is 1. The van der Waals surface area contributed by atoms with Crippen LogP contribution in [0.3, 0.4) is 0 Å². The number of hydrogen-bond acceptors (Lipinski definition) is 6. The minimum absolute atomic E-state index is 0.0905. The van der Waals surface area contributed by atoms with Crippen LogP contribution in [0.2, 0.25) is 0 Å². The van der Waals surface area contributed by atoms with E-state index in [1.807, 2.05) is 67.8 Å². The van der Waals surface area contributed by atoms with Gasteiger partial charge in [-0.2, -0.15) is 5.10 Å². The minimum Gasteiger partial charge on any atom is -0.381 e. The molecule has 4 aromatic heterocycles. The first-order chi connectivity index (χ1) is 19.9. The number of nitrogens with zero attached hydrogens (tertiary/aromatic N) is 6. The smallest absolute Gasteiger partial charge is 0.264 e. The van der Waals surface area contributed by atoms with Crippen molar-refractivity contribution in [3.63, 3.8) is 0 Å². The molecule has 1 fully saturated rings. The van der Waals surface area contributed by atoms with Crippen LogP contribution < -0.4 is 16.6 Å². The average molecular weight is 541 g/mol. The van der Waals surface area contributed by atoms with Crippen LogP contribution in [0.4, 0.5) is 5.82 Å². The molecule has 0 saturated heterocycles. The maximum Gasteiger partial charge on any atom is 0.264 e. The lowest BCUT2D eigenvalue weighted by molar-refractivity contribution is 0.0931. The van der Waals surface area contributed by atoms with E-state index in [2.05, 4.69) is 32.3 Å². The third-order valence-electron chi connectivity index (χ3n) is 7.35. The quantitative estimate of drug-likeness (QED) is 0.331. The van der Waals surface area contributed by atoms with Crippen LogP contribution in [-0.4, -0.2) is 34.9 Å². The van der Waals surface area contributed by atoms with Gasteiger partial charge in [-0.15, -0.1) is 5.10 Å². The van der Waals surface area contributed by atoms with Crippen molar-refractivity contribution in [2.75, 3.05) is 5.73 Å². The van der Waals surface area contributed by atoms with Crippen molar-refractivity contribution >= 4 is 28.1 Å². The average Bonchev–Trinajstić information content (AvgIpc) is 3.49. The van der Waals surface area contributed by atoms with Gasteiger partial charge in [0.05, 0.1) is 28.4 Å². The molecule has 1 amide bonds. The molecule has 200 valence electrons. The maximum atomic E-state index is 14.3. The van der Waals surface area contributed by atoms with Crippen LogP contribution in [0.15, 0.2) is 90.2 Å². The first-order valence-electron chi connectivity index (χ1n) is 13.1. The highest BCUT2D eigenvalue weighted by Gasteiger charge is 2.49. The molecule has 0 unspecified atom stereocenters. The zero-order valence-corrected chi connectivity index (χ0v) is 22.1. The number of hydrogen-bond donors (Lipinski definition) is 2. The number of fused-ring (bicyclic) bond motifs is 2. The number of pyridine rings is 1. The molecule has 0 bridgehead atoms. The monoisotopic (exact) mass is 540 g/mol. The summed E-state index contributed by atoms with van der Waals surface area (Å²) in [6.07, 6.45) is 8.10. The molecular formula is C31H24N8O2. The molecule has 2 aromatic carbocycles. The molecule has 3 N–H and O–H groups in total. The van der Waals surface area contributed by atoms with Crippen molar-refractivity contribution in [1.29, 1.82) is 0 Å². The van der Waals surface area contributed by atoms with E-state index in [9.17, 15) is 9.59 Å². The van der Waals surface area contributed by atoms with Gasteiger partial charge in [-0.1, -0.05) is 42.2 Å². The van der Waals surface area contributed by atoms with Gasteiger partial charge in [0.2, 0.25) is 0 Å². The number of rotatable bonds is 4. The van der Waals surface area contributed by atoms with Gasteiger partial charge in [-0.3, -0.25) is 18.8 Å². The fourth-order valence-electron chi connectivity index (χ4n) is 5.25. The number of carbonyl (C=O) groups is 1. The normalized spacial score (nSPS) is 13.6. The number of aryl methyl sites for hydroxylation is 1. The Hall–Kier alpha value is -5.69. The van der Waals surface area contributed by atoms with E-state index in [1.54, 1.807) is 33.9 Å². The number of carbonyl (C=O) groups excluding carboxylic acids is 1.